The van der Waals surface area contributed by atoms with Crippen LogP contribution in [0.4, 0.5) is 5.13 Å². The summed E-state index contributed by atoms with van der Waals surface area (Å²) in [6.07, 6.45) is 2.97. The molecule has 0 aliphatic rings. The summed E-state index contributed by atoms with van der Waals surface area (Å²) >= 11 is 1.70. The second kappa shape index (κ2) is 6.86. The fourth-order valence-electron chi connectivity index (χ4n) is 1.87. The number of hydrogen-bond acceptors (Lipinski definition) is 4. The average molecular weight is 290 g/mol. The predicted octanol–water partition coefficient (Wildman–Crippen LogP) is 4.28. The van der Waals surface area contributed by atoms with Gasteiger partial charge in [0.2, 0.25) is 0 Å². The van der Waals surface area contributed by atoms with Crippen molar-refractivity contribution < 1.29 is 4.74 Å². The number of rotatable bonds is 7. The third-order valence-corrected chi connectivity index (χ3v) is 4.27. The molecule has 4 heteroatoms. The third kappa shape index (κ3) is 4.32. The van der Waals surface area contributed by atoms with Gasteiger partial charge in [0.1, 0.15) is 0 Å². The molecular formula is C16H22N2OS. The van der Waals surface area contributed by atoms with Crippen LogP contribution in [0.5, 0.6) is 0 Å². The minimum atomic E-state index is 0.203. The van der Waals surface area contributed by atoms with Crippen LogP contribution < -0.4 is 5.32 Å². The zero-order chi connectivity index (χ0) is 14.4. The van der Waals surface area contributed by atoms with Crippen LogP contribution in [0, 0.1) is 5.41 Å². The van der Waals surface area contributed by atoms with E-state index in [0.717, 1.165) is 24.7 Å². The number of hydrogen-bond donors (Lipinski definition) is 1. The standard InChI is InChI=1S/C16H22N2OS/c1-16(2,9-10-19-3)12-18-15-17-11-14(20-15)13-7-5-4-6-8-13/h4-8,11H,9-10,12H2,1-3H3,(H,17,18). The van der Waals surface area contributed by atoms with E-state index >= 15 is 0 Å². The number of nitrogens with zero attached hydrogens (tertiary/aromatic N) is 1. The molecule has 3 nitrogen and oxygen atoms in total. The highest BCUT2D eigenvalue weighted by molar-refractivity contribution is 7.18. The van der Waals surface area contributed by atoms with E-state index < -0.39 is 0 Å². The molecule has 0 spiro atoms. The average Bonchev–Trinajstić information content (AvgIpc) is 2.93. The van der Waals surface area contributed by atoms with Crippen molar-refractivity contribution in [3.8, 4) is 10.4 Å². The smallest absolute Gasteiger partial charge is 0.183 e. The minimum absolute atomic E-state index is 0.203. The van der Waals surface area contributed by atoms with Gasteiger partial charge in [0.05, 0.1) is 4.88 Å². The zero-order valence-electron chi connectivity index (χ0n) is 12.3. The van der Waals surface area contributed by atoms with E-state index in [4.69, 9.17) is 4.74 Å². The number of methoxy groups -OCH3 is 1. The van der Waals surface area contributed by atoms with Gasteiger partial charge in [-0.05, 0) is 17.4 Å². The monoisotopic (exact) mass is 290 g/mol. The Morgan fingerprint density at radius 1 is 1.25 bits per heavy atom. The van der Waals surface area contributed by atoms with Gasteiger partial charge in [0, 0.05) is 26.5 Å². The van der Waals surface area contributed by atoms with Crippen molar-refractivity contribution in [2.75, 3.05) is 25.6 Å². The summed E-state index contributed by atoms with van der Waals surface area (Å²) in [4.78, 5) is 5.65. The van der Waals surface area contributed by atoms with Crippen molar-refractivity contribution in [2.45, 2.75) is 20.3 Å². The topological polar surface area (TPSA) is 34.1 Å². The molecule has 0 bridgehead atoms. The third-order valence-electron chi connectivity index (χ3n) is 3.27. The Morgan fingerprint density at radius 3 is 2.70 bits per heavy atom. The molecule has 1 aromatic carbocycles. The first-order valence-electron chi connectivity index (χ1n) is 6.85. The molecule has 0 aliphatic carbocycles. The maximum Gasteiger partial charge on any atom is 0.183 e. The summed E-state index contributed by atoms with van der Waals surface area (Å²) < 4.78 is 5.15. The van der Waals surface area contributed by atoms with E-state index in [9.17, 15) is 0 Å². The Hall–Kier alpha value is -1.39. The maximum atomic E-state index is 5.15. The Morgan fingerprint density at radius 2 is 2.00 bits per heavy atom. The first-order valence-corrected chi connectivity index (χ1v) is 7.66. The highest BCUT2D eigenvalue weighted by atomic mass is 32.1. The van der Waals surface area contributed by atoms with Gasteiger partial charge in [-0.3, -0.25) is 0 Å². The van der Waals surface area contributed by atoms with Gasteiger partial charge in [0.15, 0.2) is 5.13 Å². The van der Waals surface area contributed by atoms with E-state index in [2.05, 4.69) is 48.4 Å². The van der Waals surface area contributed by atoms with E-state index in [1.54, 1.807) is 18.4 Å². The zero-order valence-corrected chi connectivity index (χ0v) is 13.2. The lowest BCUT2D eigenvalue weighted by Gasteiger charge is -2.24. The number of benzene rings is 1. The van der Waals surface area contributed by atoms with Gasteiger partial charge in [-0.15, -0.1) is 0 Å². The molecule has 1 heterocycles. The van der Waals surface area contributed by atoms with E-state index in [0.29, 0.717) is 0 Å². The molecule has 0 fully saturated rings. The molecular weight excluding hydrogens is 268 g/mol. The summed E-state index contributed by atoms with van der Waals surface area (Å²) in [7, 11) is 1.75. The molecule has 0 unspecified atom stereocenters. The van der Waals surface area contributed by atoms with Crippen molar-refractivity contribution in [1.29, 1.82) is 0 Å². The summed E-state index contributed by atoms with van der Waals surface area (Å²) in [5.41, 5.74) is 1.42. The van der Waals surface area contributed by atoms with Gasteiger partial charge < -0.3 is 10.1 Å². The van der Waals surface area contributed by atoms with Crippen LogP contribution in [0.3, 0.4) is 0 Å². The van der Waals surface area contributed by atoms with Crippen molar-refractivity contribution >= 4 is 16.5 Å². The number of anilines is 1. The molecule has 1 N–H and O–H groups in total. The highest BCUT2D eigenvalue weighted by Gasteiger charge is 2.17. The SMILES string of the molecule is COCCC(C)(C)CNc1ncc(-c2ccccc2)s1. The number of nitrogens with one attached hydrogen (secondary N) is 1. The number of ether oxygens (including phenoxy) is 1. The van der Waals surface area contributed by atoms with Gasteiger partial charge in [-0.1, -0.05) is 55.5 Å². The van der Waals surface area contributed by atoms with Crippen LogP contribution in [0.15, 0.2) is 36.5 Å². The quantitative estimate of drug-likeness (QED) is 0.826. The Labute approximate surface area is 125 Å². The van der Waals surface area contributed by atoms with Crippen molar-refractivity contribution in [3.05, 3.63) is 36.5 Å². The van der Waals surface area contributed by atoms with Crippen LogP contribution in [-0.2, 0) is 4.74 Å². The van der Waals surface area contributed by atoms with E-state index in [1.165, 1.54) is 10.4 Å². The predicted molar refractivity (Wildman–Crippen MR) is 86.3 cm³/mol. The molecule has 2 aromatic rings. The Balaban J connectivity index is 1.93. The summed E-state index contributed by atoms with van der Waals surface area (Å²) in [6, 6.07) is 10.4. The van der Waals surface area contributed by atoms with Gasteiger partial charge >= 0.3 is 0 Å². The lowest BCUT2D eigenvalue weighted by Crippen LogP contribution is -2.24. The maximum absolute atomic E-state index is 5.15. The summed E-state index contributed by atoms with van der Waals surface area (Å²) in [5.74, 6) is 0. The van der Waals surface area contributed by atoms with Crippen LogP contribution in [0.25, 0.3) is 10.4 Å². The summed E-state index contributed by atoms with van der Waals surface area (Å²) in [6.45, 7) is 6.18. The van der Waals surface area contributed by atoms with Crippen molar-refractivity contribution in [3.63, 3.8) is 0 Å². The Kier molecular flexibility index (Phi) is 5.15. The highest BCUT2D eigenvalue weighted by Crippen LogP contribution is 2.29. The molecule has 20 heavy (non-hydrogen) atoms. The lowest BCUT2D eigenvalue weighted by molar-refractivity contribution is 0.157. The second-order valence-corrected chi connectivity index (χ2v) is 6.69. The largest absolute Gasteiger partial charge is 0.385 e. The normalized spacial score (nSPS) is 11.6. The van der Waals surface area contributed by atoms with E-state index in [-0.39, 0.29) is 5.41 Å². The molecule has 0 saturated carbocycles. The first kappa shape index (κ1) is 15.0. The lowest BCUT2D eigenvalue weighted by atomic mass is 9.90. The second-order valence-electron chi connectivity index (χ2n) is 5.66. The van der Waals surface area contributed by atoms with Crippen LogP contribution in [-0.4, -0.2) is 25.2 Å². The fourth-order valence-corrected chi connectivity index (χ4v) is 2.69. The molecule has 0 aliphatic heterocycles. The van der Waals surface area contributed by atoms with E-state index in [1.807, 2.05) is 12.3 Å². The fraction of sp³-hybridized carbons (Fsp3) is 0.438. The van der Waals surface area contributed by atoms with Crippen LogP contribution in [0.2, 0.25) is 0 Å². The van der Waals surface area contributed by atoms with Gasteiger partial charge in [0.25, 0.3) is 0 Å². The molecule has 0 radical (unpaired) electrons. The van der Waals surface area contributed by atoms with Gasteiger partial charge in [-0.2, -0.15) is 0 Å². The summed E-state index contributed by atoms with van der Waals surface area (Å²) in [5, 5.41) is 4.42. The minimum Gasteiger partial charge on any atom is -0.385 e. The molecule has 108 valence electrons. The van der Waals surface area contributed by atoms with Crippen LogP contribution >= 0.6 is 11.3 Å². The molecule has 1 aromatic heterocycles. The molecule has 0 amide bonds. The number of aromatic nitrogens is 1. The number of thiazole rings is 1. The molecule has 2 rings (SSSR count). The molecule has 0 saturated heterocycles. The van der Waals surface area contributed by atoms with Crippen LogP contribution in [0.1, 0.15) is 20.3 Å². The van der Waals surface area contributed by atoms with Crippen molar-refractivity contribution in [2.24, 2.45) is 5.41 Å². The first-order chi connectivity index (χ1) is 9.61. The molecule has 0 atom stereocenters. The van der Waals surface area contributed by atoms with Crippen molar-refractivity contribution in [1.82, 2.24) is 4.98 Å². The Bertz CT molecular complexity index is 522. The van der Waals surface area contributed by atoms with Gasteiger partial charge in [-0.25, -0.2) is 4.98 Å².